The second kappa shape index (κ2) is 7.24. The van der Waals surface area contributed by atoms with E-state index in [-0.39, 0.29) is 11.7 Å². The van der Waals surface area contributed by atoms with Crippen LogP contribution in [0.15, 0.2) is 18.2 Å². The zero-order valence-electron chi connectivity index (χ0n) is 12.3. The smallest absolute Gasteiger partial charge is 0.237 e. The summed E-state index contributed by atoms with van der Waals surface area (Å²) in [6.07, 6.45) is 2.22. The van der Waals surface area contributed by atoms with Gasteiger partial charge in [0.25, 0.3) is 0 Å². The number of ether oxygens (including phenoxy) is 1. The molecule has 1 aromatic rings. The lowest BCUT2D eigenvalue weighted by Gasteiger charge is -2.25. The van der Waals surface area contributed by atoms with Crippen molar-refractivity contribution in [3.8, 4) is 5.75 Å². The average molecular weight is 282 g/mol. The monoisotopic (exact) mass is 282 g/mol. The summed E-state index contributed by atoms with van der Waals surface area (Å²) in [5.41, 5.74) is 5.26. The van der Waals surface area contributed by atoms with Crippen molar-refractivity contribution in [2.75, 3.05) is 13.7 Å². The lowest BCUT2D eigenvalue weighted by Crippen LogP contribution is -2.51. The summed E-state index contributed by atoms with van der Waals surface area (Å²) in [5, 5.41) is 2.94. The van der Waals surface area contributed by atoms with Crippen LogP contribution < -0.4 is 15.8 Å². The van der Waals surface area contributed by atoms with E-state index in [2.05, 4.69) is 5.32 Å². The molecule has 0 saturated carbocycles. The number of nitrogens with one attached hydrogen (secondary N) is 1. The van der Waals surface area contributed by atoms with Crippen LogP contribution >= 0.6 is 0 Å². The molecule has 1 rings (SSSR count). The van der Waals surface area contributed by atoms with Crippen molar-refractivity contribution < 1.29 is 13.9 Å². The number of carbonyl (C=O) groups is 1. The van der Waals surface area contributed by atoms with Gasteiger partial charge in [-0.1, -0.05) is 6.07 Å². The second-order valence-corrected chi connectivity index (χ2v) is 5.16. The molecule has 112 valence electrons. The molecule has 3 N–H and O–H groups in total. The molecular formula is C15H23FN2O2. The lowest BCUT2D eigenvalue weighted by molar-refractivity contribution is -0.123. The van der Waals surface area contributed by atoms with E-state index in [1.165, 1.54) is 6.07 Å². The van der Waals surface area contributed by atoms with E-state index in [1.54, 1.807) is 33.0 Å². The van der Waals surface area contributed by atoms with Crippen molar-refractivity contribution >= 4 is 5.91 Å². The van der Waals surface area contributed by atoms with E-state index in [0.717, 1.165) is 12.8 Å². The van der Waals surface area contributed by atoms with E-state index >= 15 is 0 Å². The minimum atomic E-state index is -0.685. The fraction of sp³-hybridized carbons (Fsp3) is 0.533. The molecule has 0 bridgehead atoms. The van der Waals surface area contributed by atoms with E-state index in [1.807, 2.05) is 0 Å². The third-order valence-corrected chi connectivity index (χ3v) is 3.58. The molecule has 0 radical (unpaired) electrons. The van der Waals surface area contributed by atoms with E-state index in [9.17, 15) is 9.18 Å². The van der Waals surface area contributed by atoms with Crippen LogP contribution in [0.4, 0.5) is 4.39 Å². The number of rotatable bonds is 8. The zero-order valence-corrected chi connectivity index (χ0v) is 12.3. The summed E-state index contributed by atoms with van der Waals surface area (Å²) in [5.74, 6) is -0.0973. The first kappa shape index (κ1) is 16.4. The summed E-state index contributed by atoms with van der Waals surface area (Å²) in [4.78, 5) is 11.3. The van der Waals surface area contributed by atoms with Gasteiger partial charge in [0, 0.05) is 6.07 Å². The number of aryl methyl sites for hydroxylation is 1. The third-order valence-electron chi connectivity index (χ3n) is 3.58. The molecule has 0 fully saturated rings. The standard InChI is InChI=1S/C15H23FN2O2/c1-11-6-7-12(10-13(11)16)20-9-5-4-8-15(2,18-3)14(17)19/h6-7,10,18H,4-5,8-9H2,1-3H3,(H2,17,19). The maximum absolute atomic E-state index is 13.3. The van der Waals surface area contributed by atoms with E-state index < -0.39 is 5.54 Å². The number of amides is 1. The van der Waals surface area contributed by atoms with Gasteiger partial charge in [0.2, 0.25) is 5.91 Å². The van der Waals surface area contributed by atoms with Crippen LogP contribution in [0.25, 0.3) is 0 Å². The molecule has 0 aromatic heterocycles. The van der Waals surface area contributed by atoms with Crippen molar-refractivity contribution in [3.63, 3.8) is 0 Å². The maximum atomic E-state index is 13.3. The summed E-state index contributed by atoms with van der Waals surface area (Å²) < 4.78 is 18.8. The topological polar surface area (TPSA) is 64.3 Å². The number of hydrogen-bond donors (Lipinski definition) is 2. The van der Waals surface area contributed by atoms with Crippen molar-refractivity contribution in [1.29, 1.82) is 0 Å². The van der Waals surface area contributed by atoms with E-state index in [4.69, 9.17) is 10.5 Å². The highest BCUT2D eigenvalue weighted by atomic mass is 19.1. The Morgan fingerprint density at radius 3 is 2.70 bits per heavy atom. The number of primary amides is 1. The van der Waals surface area contributed by atoms with Gasteiger partial charge in [0.1, 0.15) is 11.6 Å². The third kappa shape index (κ3) is 4.49. The zero-order chi connectivity index (χ0) is 15.2. The van der Waals surface area contributed by atoms with Crippen LogP contribution in [0.1, 0.15) is 31.7 Å². The van der Waals surface area contributed by atoms with Gasteiger partial charge in [-0.2, -0.15) is 0 Å². The summed E-state index contributed by atoms with van der Waals surface area (Å²) >= 11 is 0. The SMILES string of the molecule is CNC(C)(CCCCOc1ccc(C)c(F)c1)C(N)=O. The van der Waals surface area contributed by atoms with Gasteiger partial charge >= 0.3 is 0 Å². The molecular weight excluding hydrogens is 259 g/mol. The number of hydrogen-bond acceptors (Lipinski definition) is 3. The second-order valence-electron chi connectivity index (χ2n) is 5.16. The molecule has 0 spiro atoms. The molecule has 0 aliphatic heterocycles. The molecule has 0 saturated heterocycles. The quantitative estimate of drug-likeness (QED) is 0.718. The Bertz CT molecular complexity index is 465. The van der Waals surface area contributed by atoms with Crippen molar-refractivity contribution in [1.82, 2.24) is 5.32 Å². The van der Waals surface area contributed by atoms with Crippen LogP contribution in [0.5, 0.6) is 5.75 Å². The Balaban J connectivity index is 2.31. The molecule has 0 aliphatic carbocycles. The van der Waals surface area contributed by atoms with Gasteiger partial charge in [-0.3, -0.25) is 4.79 Å². The van der Waals surface area contributed by atoms with Gasteiger partial charge in [0.15, 0.2) is 0 Å². The fourth-order valence-corrected chi connectivity index (χ4v) is 1.81. The summed E-state index contributed by atoms with van der Waals surface area (Å²) in [7, 11) is 1.72. The predicted octanol–water partition coefficient (Wildman–Crippen LogP) is 2.15. The number of unbranched alkanes of at least 4 members (excludes halogenated alkanes) is 1. The molecule has 0 heterocycles. The Morgan fingerprint density at radius 1 is 1.45 bits per heavy atom. The molecule has 5 heteroatoms. The average Bonchev–Trinajstić information content (AvgIpc) is 2.41. The number of benzene rings is 1. The first-order valence-electron chi connectivity index (χ1n) is 6.77. The maximum Gasteiger partial charge on any atom is 0.237 e. The molecule has 0 aliphatic rings. The number of carbonyl (C=O) groups excluding carboxylic acids is 1. The lowest BCUT2D eigenvalue weighted by atomic mass is 9.94. The first-order chi connectivity index (χ1) is 9.39. The van der Waals surface area contributed by atoms with Gasteiger partial charge in [0.05, 0.1) is 12.1 Å². The van der Waals surface area contributed by atoms with Gasteiger partial charge in [-0.15, -0.1) is 0 Å². The van der Waals surface area contributed by atoms with Crippen molar-refractivity contribution in [2.24, 2.45) is 5.73 Å². The normalized spacial score (nSPS) is 13.8. The Hall–Kier alpha value is -1.62. The minimum absolute atomic E-state index is 0.265. The highest BCUT2D eigenvalue weighted by molar-refractivity contribution is 5.84. The van der Waals surface area contributed by atoms with Gasteiger partial charge in [-0.05, 0) is 51.8 Å². The van der Waals surface area contributed by atoms with Gasteiger partial charge < -0.3 is 15.8 Å². The van der Waals surface area contributed by atoms with Crippen LogP contribution in [0, 0.1) is 12.7 Å². The summed E-state index contributed by atoms with van der Waals surface area (Å²) in [6, 6.07) is 4.83. The van der Waals surface area contributed by atoms with Crippen LogP contribution in [-0.2, 0) is 4.79 Å². The highest BCUT2D eigenvalue weighted by Crippen LogP contribution is 2.17. The Labute approximate surface area is 119 Å². The largest absolute Gasteiger partial charge is 0.493 e. The number of likely N-dealkylation sites (N-methyl/N-ethyl adjacent to an activating group) is 1. The van der Waals surface area contributed by atoms with Crippen molar-refractivity contribution in [2.45, 2.75) is 38.6 Å². The Kier molecular flexibility index (Phi) is 5.95. The predicted molar refractivity (Wildman–Crippen MR) is 77.1 cm³/mol. The molecule has 4 nitrogen and oxygen atoms in total. The molecule has 1 aromatic carbocycles. The number of nitrogens with two attached hydrogens (primary N) is 1. The highest BCUT2D eigenvalue weighted by Gasteiger charge is 2.27. The summed E-state index contributed by atoms with van der Waals surface area (Å²) in [6.45, 7) is 3.98. The van der Waals surface area contributed by atoms with Gasteiger partial charge in [-0.25, -0.2) is 4.39 Å². The fourth-order valence-electron chi connectivity index (χ4n) is 1.81. The van der Waals surface area contributed by atoms with E-state index in [0.29, 0.717) is 24.3 Å². The molecule has 1 atom stereocenters. The molecule has 1 amide bonds. The van der Waals surface area contributed by atoms with Crippen LogP contribution in [0.2, 0.25) is 0 Å². The minimum Gasteiger partial charge on any atom is -0.493 e. The van der Waals surface area contributed by atoms with Crippen molar-refractivity contribution in [3.05, 3.63) is 29.6 Å². The number of halogens is 1. The molecule has 20 heavy (non-hydrogen) atoms. The van der Waals surface area contributed by atoms with Crippen LogP contribution in [-0.4, -0.2) is 25.1 Å². The van der Waals surface area contributed by atoms with Crippen LogP contribution in [0.3, 0.4) is 0 Å². The molecule has 1 unspecified atom stereocenters. The first-order valence-corrected chi connectivity index (χ1v) is 6.77. The Morgan fingerprint density at radius 2 is 2.15 bits per heavy atom.